The van der Waals surface area contributed by atoms with Crippen molar-refractivity contribution < 1.29 is 24.5 Å². The summed E-state index contributed by atoms with van der Waals surface area (Å²) in [6, 6.07) is -0.626. The summed E-state index contributed by atoms with van der Waals surface area (Å²) < 4.78 is 5.50. The van der Waals surface area contributed by atoms with Crippen molar-refractivity contribution in [3.05, 3.63) is 24.3 Å². The quantitative estimate of drug-likeness (QED) is 0.0321. The Bertz CT molecular complexity index is 1090. The Balaban J connectivity index is 3.35. The smallest absolute Gasteiger partial charge is 0.305 e. The lowest BCUT2D eigenvalue weighted by Gasteiger charge is -2.20. The van der Waals surface area contributed by atoms with Gasteiger partial charge in [-0.3, -0.25) is 9.59 Å². The van der Waals surface area contributed by atoms with Gasteiger partial charge in [0.15, 0.2) is 0 Å². The number of amides is 1. The first-order valence-electron chi connectivity index (χ1n) is 31.6. The fourth-order valence-electron chi connectivity index (χ4n) is 9.87. The molecule has 0 saturated carbocycles. The van der Waals surface area contributed by atoms with Crippen molar-refractivity contribution in [3.63, 3.8) is 0 Å². The number of carbonyl (C=O) groups is 2. The number of aliphatic hydroxyl groups excluding tert-OH is 2. The second-order valence-electron chi connectivity index (χ2n) is 21.7. The molecule has 0 rings (SSSR count). The molecule has 6 heteroatoms. The number of nitrogens with one attached hydrogen (secondary N) is 1. The summed E-state index contributed by atoms with van der Waals surface area (Å²) in [6.07, 6.45) is 73.7. The first kappa shape index (κ1) is 68.3. The van der Waals surface area contributed by atoms with E-state index in [0.29, 0.717) is 19.4 Å². The van der Waals surface area contributed by atoms with Crippen molar-refractivity contribution >= 4 is 11.9 Å². The predicted molar refractivity (Wildman–Crippen MR) is 306 cm³/mol. The summed E-state index contributed by atoms with van der Waals surface area (Å²) >= 11 is 0. The Labute approximate surface area is 437 Å². The van der Waals surface area contributed by atoms with Gasteiger partial charge in [-0.2, -0.15) is 0 Å². The molecule has 0 bridgehead atoms. The van der Waals surface area contributed by atoms with E-state index in [2.05, 4.69) is 31.3 Å². The lowest BCUT2D eigenvalue weighted by molar-refractivity contribution is -0.143. The summed E-state index contributed by atoms with van der Waals surface area (Å²) in [7, 11) is 0. The zero-order chi connectivity index (χ0) is 50.7. The molecule has 0 heterocycles. The molecule has 0 aliphatic carbocycles. The molecule has 1 amide bonds. The maximum atomic E-state index is 12.4. The zero-order valence-corrected chi connectivity index (χ0v) is 47.3. The van der Waals surface area contributed by atoms with Gasteiger partial charge in [-0.25, -0.2) is 0 Å². The van der Waals surface area contributed by atoms with Crippen molar-refractivity contribution in [2.45, 2.75) is 360 Å². The summed E-state index contributed by atoms with van der Waals surface area (Å²) in [6.45, 7) is 4.90. The zero-order valence-electron chi connectivity index (χ0n) is 47.3. The van der Waals surface area contributed by atoms with E-state index in [9.17, 15) is 19.8 Å². The van der Waals surface area contributed by atoms with Crippen LogP contribution in [0.5, 0.6) is 0 Å². The van der Waals surface area contributed by atoms with Gasteiger partial charge in [0.2, 0.25) is 5.91 Å². The molecule has 6 nitrogen and oxygen atoms in total. The fraction of sp³-hybridized carbons (Fsp3) is 0.906. The SMILES string of the molecule is CCCCCCCC/C=C\CCCCCCCCCCCC(=O)OCCCCCCCCCCCCCCCCCCCCCCCCCC(=O)NC(CO)C(O)/C=C/CCCCCCCCCCC. The van der Waals surface area contributed by atoms with Gasteiger partial charge < -0.3 is 20.3 Å². The molecule has 0 aromatic rings. The molecule has 414 valence electrons. The third kappa shape index (κ3) is 55.7. The van der Waals surface area contributed by atoms with Crippen LogP contribution in [0.3, 0.4) is 0 Å². The summed E-state index contributed by atoms with van der Waals surface area (Å²) in [5, 5.41) is 23.0. The number of carbonyl (C=O) groups excluding carboxylic acids is 2. The molecule has 0 aliphatic rings. The number of ether oxygens (including phenoxy) is 1. The highest BCUT2D eigenvalue weighted by atomic mass is 16.5. The van der Waals surface area contributed by atoms with Crippen molar-refractivity contribution in [2.75, 3.05) is 13.2 Å². The first-order valence-corrected chi connectivity index (χ1v) is 31.6. The molecule has 0 fully saturated rings. The third-order valence-corrected chi connectivity index (χ3v) is 14.7. The summed E-state index contributed by atoms with van der Waals surface area (Å²) in [5.41, 5.74) is 0. The van der Waals surface area contributed by atoms with E-state index in [1.807, 2.05) is 6.08 Å². The largest absolute Gasteiger partial charge is 0.466 e. The van der Waals surface area contributed by atoms with Gasteiger partial charge in [0.25, 0.3) is 0 Å². The van der Waals surface area contributed by atoms with E-state index >= 15 is 0 Å². The van der Waals surface area contributed by atoms with Crippen molar-refractivity contribution in [2.24, 2.45) is 0 Å². The van der Waals surface area contributed by atoms with Crippen molar-refractivity contribution in [1.29, 1.82) is 0 Å². The number of aliphatic hydroxyl groups is 2. The minimum atomic E-state index is -0.842. The average Bonchev–Trinajstić information content (AvgIpc) is 3.36. The topological polar surface area (TPSA) is 95.9 Å². The monoisotopic (exact) mass is 986 g/mol. The fourth-order valence-corrected chi connectivity index (χ4v) is 9.87. The normalized spacial score (nSPS) is 12.7. The summed E-state index contributed by atoms with van der Waals surface area (Å²) in [4.78, 5) is 24.5. The Hall–Kier alpha value is -1.66. The first-order chi connectivity index (χ1) is 34.5. The lowest BCUT2D eigenvalue weighted by Crippen LogP contribution is -2.45. The number of unbranched alkanes of at least 4 members (excludes halogenated alkanes) is 46. The molecular formula is C64H123NO5. The summed E-state index contributed by atoms with van der Waals surface area (Å²) in [5.74, 6) is -0.0539. The highest BCUT2D eigenvalue weighted by Crippen LogP contribution is 2.18. The number of hydrogen-bond acceptors (Lipinski definition) is 5. The van der Waals surface area contributed by atoms with Crippen LogP contribution >= 0.6 is 0 Å². The van der Waals surface area contributed by atoms with Gasteiger partial charge in [-0.1, -0.05) is 301 Å². The molecule has 0 aromatic carbocycles. The van der Waals surface area contributed by atoms with Crippen LogP contribution in [0.4, 0.5) is 0 Å². The number of esters is 1. The minimum absolute atomic E-state index is 0.0137. The molecule has 0 aliphatic heterocycles. The van der Waals surface area contributed by atoms with E-state index in [4.69, 9.17) is 4.74 Å². The van der Waals surface area contributed by atoms with Crippen LogP contribution in [-0.2, 0) is 14.3 Å². The highest BCUT2D eigenvalue weighted by Gasteiger charge is 2.18. The van der Waals surface area contributed by atoms with E-state index in [1.54, 1.807) is 6.08 Å². The van der Waals surface area contributed by atoms with Gasteiger partial charge in [0, 0.05) is 12.8 Å². The number of hydrogen-bond donors (Lipinski definition) is 3. The van der Waals surface area contributed by atoms with Crippen LogP contribution in [0, 0.1) is 0 Å². The Morgan fingerprint density at radius 2 is 0.671 bits per heavy atom. The van der Waals surface area contributed by atoms with E-state index in [0.717, 1.165) is 44.9 Å². The molecule has 2 atom stereocenters. The third-order valence-electron chi connectivity index (χ3n) is 14.7. The number of allylic oxidation sites excluding steroid dienone is 3. The second-order valence-corrected chi connectivity index (χ2v) is 21.7. The van der Waals surface area contributed by atoms with Crippen LogP contribution in [-0.4, -0.2) is 47.4 Å². The molecule has 2 unspecified atom stereocenters. The Morgan fingerprint density at radius 1 is 0.386 bits per heavy atom. The van der Waals surface area contributed by atoms with Crippen LogP contribution < -0.4 is 5.32 Å². The molecule has 70 heavy (non-hydrogen) atoms. The van der Waals surface area contributed by atoms with Gasteiger partial charge >= 0.3 is 5.97 Å². The maximum absolute atomic E-state index is 12.4. The van der Waals surface area contributed by atoms with Crippen LogP contribution in [0.25, 0.3) is 0 Å². The molecule has 0 aromatic heterocycles. The van der Waals surface area contributed by atoms with Crippen molar-refractivity contribution in [3.8, 4) is 0 Å². The van der Waals surface area contributed by atoms with Crippen LogP contribution in [0.15, 0.2) is 24.3 Å². The van der Waals surface area contributed by atoms with E-state index < -0.39 is 12.1 Å². The van der Waals surface area contributed by atoms with Gasteiger partial charge in [0.1, 0.15) is 0 Å². The second kappa shape index (κ2) is 59.9. The van der Waals surface area contributed by atoms with Crippen molar-refractivity contribution in [1.82, 2.24) is 5.32 Å². The maximum Gasteiger partial charge on any atom is 0.305 e. The molecule has 3 N–H and O–H groups in total. The van der Waals surface area contributed by atoms with Gasteiger partial charge in [0.05, 0.1) is 25.4 Å². The standard InChI is InChI=1S/C64H123NO5/c1-3-5-7-9-11-13-15-16-17-18-24-28-31-34-38-42-46-50-54-58-64(69)70-59-55-51-47-43-39-35-32-29-26-23-21-19-20-22-25-27-30-33-37-41-45-49-53-57-63(68)65-61(60-66)62(67)56-52-48-44-40-36-14-12-10-8-6-4-2/h16-17,52,56,61-62,66-67H,3-15,18-51,53-55,57-60H2,1-2H3,(H,65,68)/b17-16-,56-52+. The predicted octanol–water partition coefficient (Wildman–Crippen LogP) is 19.8. The van der Waals surface area contributed by atoms with Gasteiger partial charge in [-0.05, 0) is 57.8 Å². The van der Waals surface area contributed by atoms with Gasteiger partial charge in [-0.15, -0.1) is 0 Å². The van der Waals surface area contributed by atoms with E-state index in [-0.39, 0.29) is 18.5 Å². The number of rotatable bonds is 59. The van der Waals surface area contributed by atoms with Crippen LogP contribution in [0.1, 0.15) is 348 Å². The lowest BCUT2D eigenvalue weighted by atomic mass is 10.0. The highest BCUT2D eigenvalue weighted by molar-refractivity contribution is 5.76. The Morgan fingerprint density at radius 3 is 1.01 bits per heavy atom. The van der Waals surface area contributed by atoms with Crippen LogP contribution in [0.2, 0.25) is 0 Å². The average molecular weight is 987 g/mol. The molecule has 0 radical (unpaired) electrons. The molecular weight excluding hydrogens is 863 g/mol. The van der Waals surface area contributed by atoms with E-state index in [1.165, 1.54) is 276 Å². The molecule has 0 saturated heterocycles. The molecule has 0 spiro atoms. The minimum Gasteiger partial charge on any atom is -0.466 e. The Kier molecular flexibility index (Phi) is 58.5.